The summed E-state index contributed by atoms with van der Waals surface area (Å²) in [5.74, 6) is 0.000672. The predicted molar refractivity (Wildman–Crippen MR) is 109 cm³/mol. The molecule has 2 aromatic heterocycles. The average molecular weight is 418 g/mol. The molecule has 3 N–H and O–H groups in total. The standard InChI is InChI=1S/C15H25N6O4P.H3P/c1-9(2)24-15(22)11(4)20-25-26-8-23-10(3)5-21-7-19-12-13(16)17-6-18-14(12)21;/h6-7,9-11,20,26H,5,8H2,1-4H3,(H2,16,17,18);1H3. The number of imidazole rings is 1. The van der Waals surface area contributed by atoms with Crippen molar-refractivity contribution in [3.8, 4) is 0 Å². The predicted octanol–water partition coefficient (Wildman–Crippen LogP) is 1.28. The number of carbonyl (C=O) groups excluding carboxylic acids is 1. The van der Waals surface area contributed by atoms with Crippen molar-refractivity contribution in [1.29, 1.82) is 0 Å². The average Bonchev–Trinajstić information content (AvgIpc) is 2.98. The molecule has 0 aliphatic rings. The Morgan fingerprint density at radius 3 is 2.74 bits per heavy atom. The van der Waals surface area contributed by atoms with Gasteiger partial charge in [-0.15, -0.1) is 0 Å². The van der Waals surface area contributed by atoms with E-state index in [9.17, 15) is 4.79 Å². The number of nitrogens with one attached hydrogen (secondary N) is 1. The highest BCUT2D eigenvalue weighted by Crippen LogP contribution is 2.16. The first-order valence-corrected chi connectivity index (χ1v) is 9.37. The van der Waals surface area contributed by atoms with E-state index in [1.54, 1.807) is 27.1 Å². The molecule has 10 nitrogen and oxygen atoms in total. The summed E-state index contributed by atoms with van der Waals surface area (Å²) in [5.41, 5.74) is 9.67. The summed E-state index contributed by atoms with van der Waals surface area (Å²) in [7, 11) is 0.0423. The molecule has 0 aromatic carbocycles. The number of anilines is 1. The maximum absolute atomic E-state index is 11.6. The van der Waals surface area contributed by atoms with Gasteiger partial charge in [0.2, 0.25) is 0 Å². The van der Waals surface area contributed by atoms with Crippen molar-refractivity contribution in [2.75, 3.05) is 12.1 Å². The largest absolute Gasteiger partial charge is 0.462 e. The van der Waals surface area contributed by atoms with Gasteiger partial charge in [-0.3, -0.25) is 9.42 Å². The highest BCUT2D eigenvalue weighted by Gasteiger charge is 2.15. The molecule has 12 heteroatoms. The summed E-state index contributed by atoms with van der Waals surface area (Å²) in [5, 5.41) is 0. The number of nitrogens with zero attached hydrogens (tertiary/aromatic N) is 4. The second kappa shape index (κ2) is 11.4. The number of ether oxygens (including phenoxy) is 2. The number of hydroxylamine groups is 1. The number of hydrogen-bond acceptors (Lipinski definition) is 9. The van der Waals surface area contributed by atoms with Crippen molar-refractivity contribution < 1.29 is 18.9 Å². The highest BCUT2D eigenvalue weighted by molar-refractivity contribution is 7.31. The van der Waals surface area contributed by atoms with Crippen LogP contribution in [0.15, 0.2) is 12.7 Å². The second-order valence-corrected chi connectivity index (χ2v) is 6.80. The molecule has 0 spiro atoms. The molecule has 0 saturated carbocycles. The molecule has 2 aromatic rings. The molecule has 0 amide bonds. The second-order valence-electron chi connectivity index (χ2n) is 6.02. The van der Waals surface area contributed by atoms with E-state index >= 15 is 0 Å². The van der Waals surface area contributed by atoms with Gasteiger partial charge in [0.05, 0.1) is 40.2 Å². The van der Waals surface area contributed by atoms with Gasteiger partial charge in [0.15, 0.2) is 11.5 Å². The van der Waals surface area contributed by atoms with Gasteiger partial charge in [0, 0.05) is 0 Å². The van der Waals surface area contributed by atoms with E-state index in [1.807, 2.05) is 11.5 Å². The van der Waals surface area contributed by atoms with E-state index in [0.29, 0.717) is 29.9 Å². The lowest BCUT2D eigenvalue weighted by Crippen LogP contribution is -2.35. The number of rotatable bonds is 10. The fourth-order valence-electron chi connectivity index (χ4n) is 2.08. The Balaban J connectivity index is 0.00000364. The van der Waals surface area contributed by atoms with Crippen molar-refractivity contribution in [1.82, 2.24) is 25.0 Å². The molecule has 4 atom stereocenters. The summed E-state index contributed by atoms with van der Waals surface area (Å²) < 4.78 is 17.9. The van der Waals surface area contributed by atoms with Gasteiger partial charge < -0.3 is 19.8 Å². The van der Waals surface area contributed by atoms with Crippen LogP contribution in [0.3, 0.4) is 0 Å². The number of nitrogens with two attached hydrogens (primary N) is 1. The lowest BCUT2D eigenvalue weighted by molar-refractivity contribution is -0.151. The van der Waals surface area contributed by atoms with E-state index in [0.717, 1.165) is 0 Å². The number of nitrogen functional groups attached to an aromatic ring is 1. The smallest absolute Gasteiger partial charge is 0.325 e. The Bertz CT molecular complexity index is 729. The molecule has 0 aliphatic carbocycles. The lowest BCUT2D eigenvalue weighted by Gasteiger charge is -2.16. The van der Waals surface area contributed by atoms with Crippen molar-refractivity contribution in [2.45, 2.75) is 52.5 Å². The maximum Gasteiger partial charge on any atom is 0.325 e. The Morgan fingerprint density at radius 1 is 1.30 bits per heavy atom. The monoisotopic (exact) mass is 418 g/mol. The number of hydrogen-bond donors (Lipinski definition) is 2. The van der Waals surface area contributed by atoms with Gasteiger partial charge in [-0.1, -0.05) is 0 Å². The van der Waals surface area contributed by atoms with Gasteiger partial charge >= 0.3 is 5.97 Å². The third-order valence-electron chi connectivity index (χ3n) is 3.32. The van der Waals surface area contributed by atoms with E-state index < -0.39 is 6.04 Å². The molecule has 152 valence electrons. The third kappa shape index (κ3) is 7.24. The van der Waals surface area contributed by atoms with Gasteiger partial charge in [0.25, 0.3) is 0 Å². The van der Waals surface area contributed by atoms with Crippen molar-refractivity contribution >= 4 is 41.7 Å². The van der Waals surface area contributed by atoms with E-state index in [1.165, 1.54) is 6.33 Å². The molecule has 0 radical (unpaired) electrons. The summed E-state index contributed by atoms with van der Waals surface area (Å²) in [6.07, 6.45) is 3.23. The van der Waals surface area contributed by atoms with E-state index in [-0.39, 0.29) is 36.9 Å². The number of fused-ring (bicyclic) bond motifs is 1. The van der Waals surface area contributed by atoms with Crippen LogP contribution in [0.25, 0.3) is 11.2 Å². The zero-order valence-corrected chi connectivity index (χ0v) is 18.4. The molecular weight excluding hydrogens is 390 g/mol. The Labute approximate surface area is 163 Å². The molecule has 2 heterocycles. The fraction of sp³-hybridized carbons (Fsp3) is 0.600. The van der Waals surface area contributed by atoms with Crippen LogP contribution < -0.4 is 11.2 Å². The highest BCUT2D eigenvalue weighted by atomic mass is 31.1. The van der Waals surface area contributed by atoms with Crippen LogP contribution in [0, 0.1) is 0 Å². The van der Waals surface area contributed by atoms with Crippen LogP contribution in [-0.4, -0.2) is 50.1 Å². The summed E-state index contributed by atoms with van der Waals surface area (Å²) in [6, 6.07) is -0.537. The van der Waals surface area contributed by atoms with Gasteiger partial charge in [-0.25, -0.2) is 15.0 Å². The quantitative estimate of drug-likeness (QED) is 0.254. The zero-order valence-electron chi connectivity index (χ0n) is 16.0. The number of aromatic nitrogens is 4. The van der Waals surface area contributed by atoms with Gasteiger partial charge in [0.1, 0.15) is 17.9 Å². The van der Waals surface area contributed by atoms with Crippen LogP contribution in [0.4, 0.5) is 5.82 Å². The first-order chi connectivity index (χ1) is 12.4. The SMILES string of the molecule is CC(C)OC(=O)C(C)NOPCOC(C)Cn1cnc2c(N)ncnc21.P. The Hall–Kier alpha value is -1.44. The van der Waals surface area contributed by atoms with Crippen molar-refractivity contribution in [3.05, 3.63) is 12.7 Å². The van der Waals surface area contributed by atoms with Crippen LogP contribution in [-0.2, 0) is 25.4 Å². The van der Waals surface area contributed by atoms with Crippen molar-refractivity contribution in [3.63, 3.8) is 0 Å². The summed E-state index contributed by atoms with van der Waals surface area (Å²) >= 11 is 0. The number of esters is 1. The van der Waals surface area contributed by atoms with Crippen LogP contribution >= 0.6 is 18.7 Å². The number of carbonyl (C=O) groups is 1. The normalized spacial score (nSPS) is 13.8. The minimum absolute atomic E-state index is 0. The first-order valence-electron chi connectivity index (χ1n) is 8.26. The van der Waals surface area contributed by atoms with Crippen molar-refractivity contribution in [2.24, 2.45) is 0 Å². The molecule has 0 saturated heterocycles. The third-order valence-corrected chi connectivity index (χ3v) is 3.87. The zero-order chi connectivity index (χ0) is 19.1. The summed E-state index contributed by atoms with van der Waals surface area (Å²) in [6.45, 7) is 7.79. The lowest BCUT2D eigenvalue weighted by atomic mass is 10.3. The van der Waals surface area contributed by atoms with E-state index in [4.69, 9.17) is 19.8 Å². The molecule has 27 heavy (non-hydrogen) atoms. The van der Waals surface area contributed by atoms with Gasteiger partial charge in [-0.05, 0) is 27.7 Å². The Kier molecular flexibility index (Phi) is 9.98. The minimum atomic E-state index is -0.537. The fourth-order valence-corrected chi connectivity index (χ4v) is 2.75. The van der Waals surface area contributed by atoms with Crippen LogP contribution in [0.1, 0.15) is 27.7 Å². The first kappa shape index (κ1) is 23.6. The van der Waals surface area contributed by atoms with Crippen LogP contribution in [0.2, 0.25) is 0 Å². The molecule has 2 rings (SSSR count). The molecule has 0 fully saturated rings. The molecular formula is C15H28N6O4P2. The minimum Gasteiger partial charge on any atom is -0.462 e. The van der Waals surface area contributed by atoms with E-state index in [2.05, 4.69) is 20.4 Å². The maximum atomic E-state index is 11.6. The van der Waals surface area contributed by atoms with Crippen LogP contribution in [0.5, 0.6) is 0 Å². The molecule has 0 aliphatic heterocycles. The Morgan fingerprint density at radius 2 is 2.04 bits per heavy atom. The molecule has 0 bridgehead atoms. The summed E-state index contributed by atoms with van der Waals surface area (Å²) in [4.78, 5) is 23.9. The topological polar surface area (TPSA) is 126 Å². The van der Waals surface area contributed by atoms with Gasteiger partial charge in [-0.2, -0.15) is 15.4 Å². The molecule has 4 unspecified atom stereocenters.